The molecule has 0 radical (unpaired) electrons. The highest BCUT2D eigenvalue weighted by molar-refractivity contribution is 6.30. The third kappa shape index (κ3) is 3.01. The lowest BCUT2D eigenvalue weighted by atomic mass is 9.99. The Morgan fingerprint density at radius 2 is 2.08 bits per heavy atom. The molecule has 0 aliphatic carbocycles. The Kier molecular flexibility index (Phi) is 4.32. The first-order chi connectivity index (χ1) is 11.4. The molecule has 24 heavy (non-hydrogen) atoms. The average Bonchev–Trinajstić information content (AvgIpc) is 3.15. The maximum atomic E-state index is 12.5. The van der Waals surface area contributed by atoms with E-state index in [2.05, 4.69) is 4.98 Å². The largest absolute Gasteiger partial charge is 0.480 e. The van der Waals surface area contributed by atoms with Crippen molar-refractivity contribution < 1.29 is 19.1 Å². The van der Waals surface area contributed by atoms with Gasteiger partial charge in [0.05, 0.1) is 12.1 Å². The minimum absolute atomic E-state index is 0.0138. The number of carbonyl (C=O) groups is 2. The molecule has 3 rings (SSSR count). The van der Waals surface area contributed by atoms with Gasteiger partial charge in [0.1, 0.15) is 11.8 Å². The van der Waals surface area contributed by atoms with Gasteiger partial charge in [0.15, 0.2) is 0 Å². The van der Waals surface area contributed by atoms with Crippen LogP contribution in [0.3, 0.4) is 0 Å². The van der Waals surface area contributed by atoms with E-state index in [0.29, 0.717) is 36.0 Å². The van der Waals surface area contributed by atoms with Gasteiger partial charge >= 0.3 is 5.97 Å². The smallest absolute Gasteiger partial charge is 0.329 e. The second kappa shape index (κ2) is 6.28. The molecule has 1 N–H and O–H groups in total. The molecule has 7 heteroatoms. The highest BCUT2D eigenvalue weighted by Gasteiger charge is 2.45. The number of benzene rings is 1. The average molecular weight is 349 g/mol. The molecule has 126 valence electrons. The number of amides is 1. The quantitative estimate of drug-likeness (QED) is 0.918. The summed E-state index contributed by atoms with van der Waals surface area (Å²) >= 11 is 5.85. The van der Waals surface area contributed by atoms with E-state index in [0.717, 1.165) is 5.56 Å². The number of carboxylic acid groups (broad SMARTS) is 1. The van der Waals surface area contributed by atoms with E-state index in [1.807, 2.05) is 0 Å². The second-order valence-corrected chi connectivity index (χ2v) is 6.49. The van der Waals surface area contributed by atoms with Crippen LogP contribution in [0.4, 0.5) is 0 Å². The van der Waals surface area contributed by atoms with Crippen LogP contribution in [0.2, 0.25) is 5.02 Å². The van der Waals surface area contributed by atoms with E-state index in [-0.39, 0.29) is 12.3 Å². The SMILES string of the molecule is CC1(C(=O)O)CCCN1C(=O)Cc1coc(-c2ccc(Cl)cc2)n1. The molecule has 1 unspecified atom stereocenters. The highest BCUT2D eigenvalue weighted by atomic mass is 35.5. The van der Waals surface area contributed by atoms with E-state index < -0.39 is 11.5 Å². The number of aromatic nitrogens is 1. The zero-order valence-corrected chi connectivity index (χ0v) is 13.9. The number of rotatable bonds is 4. The summed E-state index contributed by atoms with van der Waals surface area (Å²) in [5.41, 5.74) is 0.0963. The molecular weight excluding hydrogens is 332 g/mol. The number of hydrogen-bond donors (Lipinski definition) is 1. The number of carbonyl (C=O) groups excluding carboxylic acids is 1. The molecule has 1 aliphatic heterocycles. The van der Waals surface area contributed by atoms with Crippen molar-refractivity contribution in [1.29, 1.82) is 0 Å². The van der Waals surface area contributed by atoms with Crippen LogP contribution >= 0.6 is 11.6 Å². The van der Waals surface area contributed by atoms with E-state index in [9.17, 15) is 14.7 Å². The third-order valence-electron chi connectivity index (χ3n) is 4.38. The molecule has 0 bridgehead atoms. The fourth-order valence-electron chi connectivity index (χ4n) is 2.95. The Bertz CT molecular complexity index is 771. The van der Waals surface area contributed by atoms with Gasteiger partial charge in [0.25, 0.3) is 0 Å². The monoisotopic (exact) mass is 348 g/mol. The zero-order chi connectivity index (χ0) is 17.3. The summed E-state index contributed by atoms with van der Waals surface area (Å²) in [5, 5.41) is 10.0. The van der Waals surface area contributed by atoms with Crippen molar-refractivity contribution in [3.05, 3.63) is 41.2 Å². The molecule has 0 spiro atoms. The molecule has 1 aliphatic rings. The van der Waals surface area contributed by atoms with E-state index in [4.69, 9.17) is 16.0 Å². The maximum absolute atomic E-state index is 12.5. The van der Waals surface area contributed by atoms with Crippen molar-refractivity contribution >= 4 is 23.5 Å². The van der Waals surface area contributed by atoms with Crippen LogP contribution in [0, 0.1) is 0 Å². The molecule has 1 fully saturated rings. The minimum Gasteiger partial charge on any atom is -0.480 e. The van der Waals surface area contributed by atoms with Crippen molar-refractivity contribution in [2.45, 2.75) is 31.7 Å². The fourth-order valence-corrected chi connectivity index (χ4v) is 3.08. The molecule has 0 saturated carbocycles. The van der Waals surface area contributed by atoms with Crippen LogP contribution in [0.1, 0.15) is 25.5 Å². The number of hydrogen-bond acceptors (Lipinski definition) is 4. The van der Waals surface area contributed by atoms with Crippen molar-refractivity contribution in [3.8, 4) is 11.5 Å². The summed E-state index contributed by atoms with van der Waals surface area (Å²) in [6.45, 7) is 2.03. The number of carboxylic acids is 1. The van der Waals surface area contributed by atoms with E-state index in [1.54, 1.807) is 31.2 Å². The van der Waals surface area contributed by atoms with Crippen LogP contribution in [0.15, 0.2) is 34.9 Å². The number of aliphatic carboxylic acids is 1. The fraction of sp³-hybridized carbons (Fsp3) is 0.353. The van der Waals surface area contributed by atoms with Crippen molar-refractivity contribution in [2.24, 2.45) is 0 Å². The van der Waals surface area contributed by atoms with Gasteiger partial charge in [0, 0.05) is 17.1 Å². The first kappa shape index (κ1) is 16.5. The molecule has 1 aromatic heterocycles. The number of oxazole rings is 1. The Morgan fingerprint density at radius 3 is 2.75 bits per heavy atom. The van der Waals surface area contributed by atoms with Gasteiger partial charge in [-0.3, -0.25) is 4.79 Å². The summed E-state index contributed by atoms with van der Waals surface area (Å²) in [4.78, 5) is 29.7. The van der Waals surface area contributed by atoms with Crippen LogP contribution < -0.4 is 0 Å². The minimum atomic E-state index is -1.14. The molecule has 1 aromatic carbocycles. The van der Waals surface area contributed by atoms with Crippen molar-refractivity contribution in [3.63, 3.8) is 0 Å². The first-order valence-corrected chi connectivity index (χ1v) is 8.02. The van der Waals surface area contributed by atoms with E-state index >= 15 is 0 Å². The van der Waals surface area contributed by atoms with Crippen LogP contribution in [0.5, 0.6) is 0 Å². The summed E-state index contributed by atoms with van der Waals surface area (Å²) in [6.07, 6.45) is 2.59. The first-order valence-electron chi connectivity index (χ1n) is 7.64. The lowest BCUT2D eigenvalue weighted by Gasteiger charge is -2.31. The standard InChI is InChI=1S/C17H17ClN2O4/c1-17(16(22)23)7-2-8-20(17)14(21)9-13-10-24-15(19-13)11-3-5-12(18)6-4-11/h3-6,10H,2,7-9H2,1H3,(H,22,23). The van der Waals surface area contributed by atoms with Gasteiger partial charge in [0.2, 0.25) is 11.8 Å². The van der Waals surface area contributed by atoms with Gasteiger partial charge in [-0.25, -0.2) is 9.78 Å². The Labute approximate surface area is 144 Å². The number of halogens is 1. The predicted octanol–water partition coefficient (Wildman–Crippen LogP) is 3.00. The van der Waals surface area contributed by atoms with Crippen molar-refractivity contribution in [2.75, 3.05) is 6.54 Å². The number of nitrogens with zero attached hydrogens (tertiary/aromatic N) is 2. The summed E-state index contributed by atoms with van der Waals surface area (Å²) in [7, 11) is 0. The topological polar surface area (TPSA) is 83.6 Å². The lowest BCUT2D eigenvalue weighted by molar-refractivity contribution is -0.155. The van der Waals surface area contributed by atoms with E-state index in [1.165, 1.54) is 11.2 Å². The molecule has 2 heterocycles. The van der Waals surface area contributed by atoms with Crippen LogP contribution in [-0.2, 0) is 16.0 Å². The van der Waals surface area contributed by atoms with Gasteiger partial charge in [-0.1, -0.05) is 11.6 Å². The summed E-state index contributed by atoms with van der Waals surface area (Å²) in [5.74, 6) is -0.833. The Morgan fingerprint density at radius 1 is 1.38 bits per heavy atom. The van der Waals surface area contributed by atoms with Gasteiger partial charge in [-0.15, -0.1) is 0 Å². The zero-order valence-electron chi connectivity index (χ0n) is 13.2. The van der Waals surface area contributed by atoms with Gasteiger partial charge < -0.3 is 14.4 Å². The Hall–Kier alpha value is -2.34. The highest BCUT2D eigenvalue weighted by Crippen LogP contribution is 2.30. The molecule has 1 atom stereocenters. The second-order valence-electron chi connectivity index (χ2n) is 6.06. The van der Waals surface area contributed by atoms with Crippen LogP contribution in [0.25, 0.3) is 11.5 Å². The summed E-state index contributed by atoms with van der Waals surface area (Å²) in [6, 6.07) is 7.02. The maximum Gasteiger partial charge on any atom is 0.329 e. The predicted molar refractivity (Wildman–Crippen MR) is 87.6 cm³/mol. The van der Waals surface area contributed by atoms with Crippen molar-refractivity contribution in [1.82, 2.24) is 9.88 Å². The molecule has 2 aromatic rings. The number of likely N-dealkylation sites (tertiary alicyclic amines) is 1. The molecular formula is C17H17ClN2O4. The Balaban J connectivity index is 1.74. The van der Waals surface area contributed by atoms with Gasteiger partial charge in [-0.05, 0) is 44.0 Å². The lowest BCUT2D eigenvalue weighted by Crippen LogP contribution is -2.51. The molecule has 1 saturated heterocycles. The molecule has 1 amide bonds. The third-order valence-corrected chi connectivity index (χ3v) is 4.63. The molecule has 6 nitrogen and oxygen atoms in total. The van der Waals surface area contributed by atoms with Crippen LogP contribution in [-0.4, -0.2) is 39.0 Å². The van der Waals surface area contributed by atoms with Gasteiger partial charge in [-0.2, -0.15) is 0 Å². The normalized spacial score (nSPS) is 20.3. The summed E-state index contributed by atoms with van der Waals surface area (Å²) < 4.78 is 5.41.